The minimum Gasteiger partial charge on any atom is -0.311 e. The number of aryl methyl sites for hydroxylation is 1. The molecule has 1 aliphatic heterocycles. The van der Waals surface area contributed by atoms with Crippen LogP contribution in [0.2, 0.25) is 0 Å². The van der Waals surface area contributed by atoms with Gasteiger partial charge in [0.15, 0.2) is 5.12 Å². The molecule has 18 heavy (non-hydrogen) atoms. The number of carbonyl (C=O) groups is 2. The Morgan fingerprint density at radius 1 is 1.50 bits per heavy atom. The van der Waals surface area contributed by atoms with Crippen LogP contribution in [0.15, 0.2) is 12.3 Å². The molecule has 1 amide bonds. The molecule has 0 N–H and O–H groups in total. The van der Waals surface area contributed by atoms with Crippen LogP contribution < -0.4 is 4.90 Å². The smallest absolute Gasteiger partial charge is 0.228 e. The van der Waals surface area contributed by atoms with Crippen molar-refractivity contribution in [3.8, 4) is 0 Å². The van der Waals surface area contributed by atoms with Gasteiger partial charge in [0.25, 0.3) is 0 Å². The molecule has 2 heterocycles. The molecule has 96 valence electrons. The number of carbonyl (C=O) groups excluding carboxylic acids is 2. The highest BCUT2D eigenvalue weighted by atomic mass is 32.2. The van der Waals surface area contributed by atoms with E-state index in [2.05, 4.69) is 4.98 Å². The lowest BCUT2D eigenvalue weighted by Crippen LogP contribution is -2.26. The third kappa shape index (κ3) is 2.56. The van der Waals surface area contributed by atoms with Crippen molar-refractivity contribution in [1.82, 2.24) is 4.98 Å². The average molecular weight is 264 g/mol. The lowest BCUT2D eigenvalue weighted by atomic mass is 10.2. The Hall–Kier alpha value is -1.36. The van der Waals surface area contributed by atoms with Crippen LogP contribution in [0.25, 0.3) is 0 Å². The Morgan fingerprint density at radius 2 is 2.22 bits per heavy atom. The fourth-order valence-electron chi connectivity index (χ4n) is 2.14. The number of nitrogens with zero attached hydrogens (tertiary/aromatic N) is 2. The van der Waals surface area contributed by atoms with Crippen LogP contribution in [0.4, 0.5) is 5.69 Å². The summed E-state index contributed by atoms with van der Waals surface area (Å²) in [6, 6.07) is 1.86. The van der Waals surface area contributed by atoms with Crippen LogP contribution in [0.5, 0.6) is 0 Å². The first-order chi connectivity index (χ1) is 8.49. The molecule has 1 aliphatic rings. The maximum Gasteiger partial charge on any atom is 0.228 e. The fraction of sp³-hybridized carbons (Fsp3) is 0.462. The van der Waals surface area contributed by atoms with Crippen molar-refractivity contribution in [2.24, 2.45) is 0 Å². The third-order valence-electron chi connectivity index (χ3n) is 3.14. The van der Waals surface area contributed by atoms with E-state index in [1.165, 1.54) is 11.8 Å². The molecule has 0 aliphatic carbocycles. The number of aromatic nitrogens is 1. The minimum absolute atomic E-state index is 0.0669. The van der Waals surface area contributed by atoms with E-state index >= 15 is 0 Å². The zero-order chi connectivity index (χ0) is 13.3. The summed E-state index contributed by atoms with van der Waals surface area (Å²) in [5.74, 6) is 0.0856. The predicted molar refractivity (Wildman–Crippen MR) is 72.7 cm³/mol. The SMILES string of the molecule is CC(=O)SC1CC(=O)N(c2ccnc(C)c2C)C1. The van der Waals surface area contributed by atoms with E-state index in [4.69, 9.17) is 0 Å². The lowest BCUT2D eigenvalue weighted by Gasteiger charge is -2.19. The monoisotopic (exact) mass is 264 g/mol. The van der Waals surface area contributed by atoms with E-state index < -0.39 is 0 Å². The molecule has 0 aromatic carbocycles. The Balaban J connectivity index is 2.22. The quantitative estimate of drug-likeness (QED) is 0.820. The zero-order valence-corrected chi connectivity index (χ0v) is 11.6. The van der Waals surface area contributed by atoms with Gasteiger partial charge in [-0.25, -0.2) is 0 Å². The second-order valence-corrected chi connectivity index (χ2v) is 5.96. The molecule has 2 rings (SSSR count). The van der Waals surface area contributed by atoms with Crippen molar-refractivity contribution in [2.75, 3.05) is 11.4 Å². The van der Waals surface area contributed by atoms with E-state index in [0.717, 1.165) is 16.9 Å². The van der Waals surface area contributed by atoms with Gasteiger partial charge in [-0.3, -0.25) is 14.6 Å². The Bertz CT molecular complexity index is 502. The molecule has 0 bridgehead atoms. The van der Waals surface area contributed by atoms with Gasteiger partial charge in [-0.05, 0) is 25.5 Å². The summed E-state index contributed by atoms with van der Waals surface area (Å²) in [7, 11) is 0. The summed E-state index contributed by atoms with van der Waals surface area (Å²) in [6.45, 7) is 6.05. The number of hydrogen-bond donors (Lipinski definition) is 0. The molecule has 0 radical (unpaired) electrons. The van der Waals surface area contributed by atoms with Crippen molar-refractivity contribution >= 4 is 28.5 Å². The Labute approximate surface area is 111 Å². The van der Waals surface area contributed by atoms with Gasteiger partial charge >= 0.3 is 0 Å². The van der Waals surface area contributed by atoms with Crippen LogP contribution in [-0.2, 0) is 9.59 Å². The van der Waals surface area contributed by atoms with Gasteiger partial charge in [0.2, 0.25) is 5.91 Å². The standard InChI is InChI=1S/C13H16N2O2S/c1-8-9(2)14-5-4-12(8)15-7-11(6-13(15)17)18-10(3)16/h4-5,11H,6-7H2,1-3H3. The van der Waals surface area contributed by atoms with Gasteiger partial charge in [-0.15, -0.1) is 0 Å². The van der Waals surface area contributed by atoms with Crippen molar-refractivity contribution in [1.29, 1.82) is 0 Å². The molecule has 5 heteroatoms. The van der Waals surface area contributed by atoms with Gasteiger partial charge in [0, 0.05) is 42.7 Å². The van der Waals surface area contributed by atoms with Gasteiger partial charge in [-0.1, -0.05) is 11.8 Å². The van der Waals surface area contributed by atoms with Crippen molar-refractivity contribution < 1.29 is 9.59 Å². The van der Waals surface area contributed by atoms with E-state index in [0.29, 0.717) is 13.0 Å². The normalized spacial score (nSPS) is 19.4. The summed E-state index contributed by atoms with van der Waals surface area (Å²) in [4.78, 5) is 29.1. The molecule has 0 spiro atoms. The fourth-order valence-corrected chi connectivity index (χ4v) is 3.06. The largest absolute Gasteiger partial charge is 0.311 e. The summed E-state index contributed by atoms with van der Waals surface area (Å²) in [6.07, 6.45) is 2.15. The first-order valence-corrected chi connectivity index (χ1v) is 6.77. The molecule has 1 unspecified atom stereocenters. The molecule has 1 saturated heterocycles. The minimum atomic E-state index is 0.0669. The van der Waals surface area contributed by atoms with Crippen LogP contribution in [-0.4, -0.2) is 27.8 Å². The summed E-state index contributed by atoms with van der Waals surface area (Å²) in [5.41, 5.74) is 2.88. The first-order valence-electron chi connectivity index (χ1n) is 5.89. The molecule has 1 aromatic rings. The summed E-state index contributed by atoms with van der Waals surface area (Å²) >= 11 is 1.26. The van der Waals surface area contributed by atoms with Gasteiger partial charge in [0.1, 0.15) is 0 Å². The molecule has 1 fully saturated rings. The highest BCUT2D eigenvalue weighted by molar-refractivity contribution is 8.14. The predicted octanol–water partition coefficient (Wildman–Crippen LogP) is 2.08. The molecular weight excluding hydrogens is 248 g/mol. The maximum atomic E-state index is 12.0. The van der Waals surface area contributed by atoms with Crippen molar-refractivity contribution in [2.45, 2.75) is 32.4 Å². The highest BCUT2D eigenvalue weighted by Gasteiger charge is 2.32. The van der Waals surface area contributed by atoms with Crippen molar-refractivity contribution in [3.63, 3.8) is 0 Å². The zero-order valence-electron chi connectivity index (χ0n) is 10.8. The van der Waals surface area contributed by atoms with Crippen LogP contribution in [0, 0.1) is 13.8 Å². The second kappa shape index (κ2) is 5.10. The van der Waals surface area contributed by atoms with E-state index in [-0.39, 0.29) is 16.3 Å². The van der Waals surface area contributed by atoms with E-state index in [1.807, 2.05) is 19.9 Å². The number of pyridine rings is 1. The summed E-state index contributed by atoms with van der Waals surface area (Å²) in [5, 5.41) is 0.139. The van der Waals surface area contributed by atoms with E-state index in [1.54, 1.807) is 18.0 Å². The number of amides is 1. The van der Waals surface area contributed by atoms with Crippen LogP contribution in [0.3, 0.4) is 0 Å². The van der Waals surface area contributed by atoms with Crippen LogP contribution >= 0.6 is 11.8 Å². The number of hydrogen-bond acceptors (Lipinski definition) is 4. The Morgan fingerprint density at radius 3 is 2.89 bits per heavy atom. The van der Waals surface area contributed by atoms with E-state index in [9.17, 15) is 9.59 Å². The Kier molecular flexibility index (Phi) is 3.71. The van der Waals surface area contributed by atoms with Crippen LogP contribution in [0.1, 0.15) is 24.6 Å². The van der Waals surface area contributed by atoms with Crippen molar-refractivity contribution in [3.05, 3.63) is 23.5 Å². The molecule has 1 aromatic heterocycles. The maximum absolute atomic E-state index is 12.0. The third-order valence-corrected chi connectivity index (χ3v) is 4.12. The number of anilines is 1. The molecule has 1 atom stereocenters. The lowest BCUT2D eigenvalue weighted by molar-refractivity contribution is -0.117. The summed E-state index contributed by atoms with van der Waals surface area (Å²) < 4.78 is 0. The van der Waals surface area contributed by atoms with Gasteiger partial charge in [0.05, 0.1) is 0 Å². The number of rotatable bonds is 2. The van der Waals surface area contributed by atoms with Gasteiger partial charge < -0.3 is 4.90 Å². The topological polar surface area (TPSA) is 50.3 Å². The number of thioether (sulfide) groups is 1. The highest BCUT2D eigenvalue weighted by Crippen LogP contribution is 2.30. The average Bonchev–Trinajstić information content (AvgIpc) is 2.62. The second-order valence-electron chi connectivity index (χ2n) is 4.48. The first kappa shape index (κ1) is 13.1. The molecular formula is C13H16N2O2S. The molecule has 0 saturated carbocycles. The van der Waals surface area contributed by atoms with Gasteiger partial charge in [-0.2, -0.15) is 0 Å². The molecule has 4 nitrogen and oxygen atoms in total.